The van der Waals surface area contributed by atoms with Gasteiger partial charge in [-0.15, -0.1) is 5.10 Å². The van der Waals surface area contributed by atoms with Crippen molar-refractivity contribution in [3.05, 3.63) is 69.6 Å². The second-order valence-electron chi connectivity index (χ2n) is 8.04. The van der Waals surface area contributed by atoms with Crippen LogP contribution in [-0.4, -0.2) is 34.7 Å². The zero-order valence-electron chi connectivity index (χ0n) is 18.4. The van der Waals surface area contributed by atoms with Crippen LogP contribution in [0.3, 0.4) is 0 Å². The second kappa shape index (κ2) is 9.48. The van der Waals surface area contributed by atoms with E-state index in [2.05, 4.69) is 32.5 Å². The van der Waals surface area contributed by atoms with Crippen molar-refractivity contribution >= 4 is 11.6 Å². The summed E-state index contributed by atoms with van der Waals surface area (Å²) >= 11 is 6.62. The molecule has 0 fully saturated rings. The number of aromatic nitrogens is 7. The summed E-state index contributed by atoms with van der Waals surface area (Å²) in [5, 5.41) is 14.7. The van der Waals surface area contributed by atoms with Crippen molar-refractivity contribution in [2.75, 3.05) is 0 Å². The standard InChI is InChI=1S/C23H26ClN7O/c1-4-5-6-20-21(24)31(15(2)3)23(32)30(20)14-16-7-9-17(10-8-16)18-11-12-25-13-19(18)22-26-28-29-27-22/h7-13,15H,4-6,14H2,1-3H3,(H,26,27,28,29). The van der Waals surface area contributed by atoms with Gasteiger partial charge in [0.25, 0.3) is 0 Å². The molecule has 4 aromatic rings. The number of nitrogens with zero attached hydrogens (tertiary/aromatic N) is 6. The Kier molecular flexibility index (Phi) is 6.50. The topological polar surface area (TPSA) is 94.3 Å². The van der Waals surface area contributed by atoms with Gasteiger partial charge in [0, 0.05) is 24.0 Å². The van der Waals surface area contributed by atoms with Crippen molar-refractivity contribution in [2.24, 2.45) is 0 Å². The molecule has 3 aromatic heterocycles. The summed E-state index contributed by atoms with van der Waals surface area (Å²) in [7, 11) is 0. The summed E-state index contributed by atoms with van der Waals surface area (Å²) in [6.45, 7) is 6.57. The zero-order valence-corrected chi connectivity index (χ0v) is 19.2. The van der Waals surface area contributed by atoms with E-state index in [-0.39, 0.29) is 11.7 Å². The first-order chi connectivity index (χ1) is 15.5. The number of halogens is 1. The molecule has 0 unspecified atom stereocenters. The first-order valence-corrected chi connectivity index (χ1v) is 11.2. The van der Waals surface area contributed by atoms with Crippen LogP contribution in [0.2, 0.25) is 5.15 Å². The zero-order chi connectivity index (χ0) is 22.7. The number of pyridine rings is 1. The molecule has 0 aliphatic carbocycles. The van der Waals surface area contributed by atoms with Gasteiger partial charge in [0.15, 0.2) is 5.82 Å². The van der Waals surface area contributed by atoms with Crippen molar-refractivity contribution < 1.29 is 0 Å². The monoisotopic (exact) mass is 451 g/mol. The number of nitrogens with one attached hydrogen (secondary N) is 1. The molecule has 0 radical (unpaired) electrons. The van der Waals surface area contributed by atoms with Gasteiger partial charge in [0.05, 0.1) is 12.2 Å². The molecule has 0 saturated carbocycles. The lowest BCUT2D eigenvalue weighted by Gasteiger charge is -2.10. The van der Waals surface area contributed by atoms with Crippen molar-refractivity contribution in [1.29, 1.82) is 0 Å². The summed E-state index contributed by atoms with van der Waals surface area (Å²) in [4.78, 5) is 17.3. The molecule has 0 amide bonds. The van der Waals surface area contributed by atoms with Gasteiger partial charge in [0.2, 0.25) is 0 Å². The molecule has 0 aliphatic rings. The molecule has 1 aromatic carbocycles. The minimum atomic E-state index is -0.0607. The Morgan fingerprint density at radius 3 is 2.56 bits per heavy atom. The summed E-state index contributed by atoms with van der Waals surface area (Å²) in [5.41, 5.74) is 4.69. The minimum Gasteiger partial charge on any atom is -0.290 e. The van der Waals surface area contributed by atoms with E-state index in [1.165, 1.54) is 0 Å². The number of rotatable bonds is 8. The lowest BCUT2D eigenvalue weighted by molar-refractivity contribution is 0.560. The summed E-state index contributed by atoms with van der Waals surface area (Å²) < 4.78 is 3.49. The first kappa shape index (κ1) is 22.0. The Bertz CT molecular complexity index is 1240. The lowest BCUT2D eigenvalue weighted by atomic mass is 10.00. The maximum Gasteiger partial charge on any atom is 0.330 e. The molecule has 0 aliphatic heterocycles. The smallest absolute Gasteiger partial charge is 0.290 e. The Morgan fingerprint density at radius 1 is 1.12 bits per heavy atom. The van der Waals surface area contributed by atoms with Crippen molar-refractivity contribution in [2.45, 2.75) is 52.6 Å². The van der Waals surface area contributed by atoms with Crippen molar-refractivity contribution in [3.63, 3.8) is 0 Å². The van der Waals surface area contributed by atoms with Crippen molar-refractivity contribution in [3.8, 4) is 22.5 Å². The van der Waals surface area contributed by atoms with Gasteiger partial charge in [-0.2, -0.15) is 0 Å². The SMILES string of the molecule is CCCCc1c(Cl)n(C(C)C)c(=O)n1Cc1ccc(-c2ccncc2-c2nnn[nH]2)cc1. The Labute approximate surface area is 191 Å². The highest BCUT2D eigenvalue weighted by Gasteiger charge is 2.20. The molecule has 3 heterocycles. The van der Waals surface area contributed by atoms with E-state index in [9.17, 15) is 4.79 Å². The molecule has 0 saturated heterocycles. The third-order valence-corrected chi connectivity index (χ3v) is 5.92. The number of imidazole rings is 1. The maximum absolute atomic E-state index is 13.1. The van der Waals surface area contributed by atoms with Gasteiger partial charge < -0.3 is 0 Å². The highest BCUT2D eigenvalue weighted by Crippen LogP contribution is 2.29. The van der Waals surface area contributed by atoms with Crippen LogP contribution in [0.1, 0.15) is 50.9 Å². The number of hydrogen-bond donors (Lipinski definition) is 1. The van der Waals surface area contributed by atoms with E-state index in [4.69, 9.17) is 11.6 Å². The van der Waals surface area contributed by atoms with Gasteiger partial charge in [-0.25, -0.2) is 9.89 Å². The van der Waals surface area contributed by atoms with Crippen molar-refractivity contribution in [1.82, 2.24) is 34.7 Å². The predicted molar refractivity (Wildman–Crippen MR) is 125 cm³/mol. The molecule has 0 spiro atoms. The van der Waals surface area contributed by atoms with Crippen LogP contribution in [0.25, 0.3) is 22.5 Å². The molecule has 166 valence electrons. The summed E-state index contributed by atoms with van der Waals surface area (Å²) in [6, 6.07) is 10.1. The van der Waals surface area contributed by atoms with Crippen LogP contribution in [0, 0.1) is 0 Å². The highest BCUT2D eigenvalue weighted by atomic mass is 35.5. The fourth-order valence-corrected chi connectivity index (χ4v) is 4.32. The molecular formula is C23H26ClN7O. The minimum absolute atomic E-state index is 0.00898. The molecule has 0 atom stereocenters. The number of unbranched alkanes of at least 4 members (excludes halogenated alkanes) is 1. The van der Waals surface area contributed by atoms with E-state index in [1.54, 1.807) is 17.0 Å². The predicted octanol–water partition coefficient (Wildman–Crippen LogP) is 4.52. The van der Waals surface area contributed by atoms with Crippen LogP contribution in [0.4, 0.5) is 0 Å². The van der Waals surface area contributed by atoms with Crippen LogP contribution in [-0.2, 0) is 13.0 Å². The average Bonchev–Trinajstić information content (AvgIpc) is 3.40. The molecule has 0 bridgehead atoms. The van der Waals surface area contributed by atoms with Crippen LogP contribution >= 0.6 is 11.6 Å². The number of H-pyrrole nitrogens is 1. The Balaban J connectivity index is 1.66. The van der Waals surface area contributed by atoms with E-state index >= 15 is 0 Å². The summed E-state index contributed by atoms with van der Waals surface area (Å²) in [5.74, 6) is 0.564. The maximum atomic E-state index is 13.1. The van der Waals surface area contributed by atoms with E-state index in [0.717, 1.165) is 47.2 Å². The third kappa shape index (κ3) is 4.23. The van der Waals surface area contributed by atoms with Gasteiger partial charge in [-0.05, 0) is 59.9 Å². The fourth-order valence-electron chi connectivity index (χ4n) is 3.85. The van der Waals surface area contributed by atoms with E-state index < -0.39 is 0 Å². The molecule has 1 N–H and O–H groups in total. The highest BCUT2D eigenvalue weighted by molar-refractivity contribution is 6.30. The van der Waals surface area contributed by atoms with Crippen LogP contribution < -0.4 is 5.69 Å². The Morgan fingerprint density at radius 2 is 1.91 bits per heavy atom. The summed E-state index contributed by atoms with van der Waals surface area (Å²) in [6.07, 6.45) is 6.30. The fraction of sp³-hybridized carbons (Fsp3) is 0.348. The number of tetrazole rings is 1. The van der Waals surface area contributed by atoms with Crippen LogP contribution in [0.5, 0.6) is 0 Å². The molecule has 32 heavy (non-hydrogen) atoms. The van der Waals surface area contributed by atoms with E-state index in [0.29, 0.717) is 17.5 Å². The molecule has 8 nitrogen and oxygen atoms in total. The van der Waals surface area contributed by atoms with Gasteiger partial charge >= 0.3 is 5.69 Å². The number of aromatic amines is 1. The Hall–Kier alpha value is -3.26. The van der Waals surface area contributed by atoms with Gasteiger partial charge in [-0.3, -0.25) is 14.1 Å². The largest absolute Gasteiger partial charge is 0.330 e. The number of hydrogen-bond acceptors (Lipinski definition) is 5. The van der Waals surface area contributed by atoms with Crippen LogP contribution in [0.15, 0.2) is 47.5 Å². The second-order valence-corrected chi connectivity index (χ2v) is 8.40. The molecular weight excluding hydrogens is 426 g/mol. The lowest BCUT2D eigenvalue weighted by Crippen LogP contribution is -2.26. The first-order valence-electron chi connectivity index (χ1n) is 10.8. The normalized spacial score (nSPS) is 11.4. The average molecular weight is 452 g/mol. The number of benzene rings is 1. The third-order valence-electron chi connectivity index (χ3n) is 5.52. The molecule has 4 rings (SSSR count). The van der Waals surface area contributed by atoms with E-state index in [1.807, 2.05) is 48.7 Å². The quantitative estimate of drug-likeness (QED) is 0.425. The molecule has 9 heteroatoms. The van der Waals surface area contributed by atoms with Gasteiger partial charge in [0.1, 0.15) is 5.15 Å². The van der Waals surface area contributed by atoms with Gasteiger partial charge in [-0.1, -0.05) is 49.2 Å².